The SMILES string of the molecule is CCSc1ncc(C#CCCCC(=O)NCCOCCNC(=O)COCC(=O)N[C@@H](CCCCN)C(=O)Nc2ccc(COC(=O)O[C@]3(CC)C(=O)OCc4c3cc3n(c4=O)Cc4c-3nc3ccc(O)cc3c4CC)cc2)cn1. The zero-order valence-corrected chi connectivity index (χ0v) is 45.2. The summed E-state index contributed by atoms with van der Waals surface area (Å²) in [7, 11) is 0. The number of thioether (sulfide) groups is 1. The first kappa shape index (κ1) is 58.8. The van der Waals surface area contributed by atoms with Crippen molar-refractivity contribution in [3.05, 3.63) is 105 Å². The summed E-state index contributed by atoms with van der Waals surface area (Å²) < 4.78 is 29.1. The number of aromatic nitrogens is 4. The minimum atomic E-state index is -2.00. The average Bonchev–Trinajstić information content (AvgIpc) is 4.02. The second kappa shape index (κ2) is 28.6. The summed E-state index contributed by atoms with van der Waals surface area (Å²) in [5.74, 6) is 4.45. The van der Waals surface area contributed by atoms with Gasteiger partial charge in [-0.15, -0.1) is 0 Å². The molecule has 2 aliphatic heterocycles. The van der Waals surface area contributed by atoms with Crippen LogP contribution in [0.1, 0.15) is 99.1 Å². The topological polar surface area (TPSA) is 304 Å². The number of rotatable bonds is 27. The van der Waals surface area contributed by atoms with E-state index in [1.54, 1.807) is 84.2 Å². The quantitative estimate of drug-likeness (QED) is 0.0134. The third-order valence-corrected chi connectivity index (χ3v) is 13.7. The Labute approximate surface area is 460 Å². The molecule has 22 nitrogen and oxygen atoms in total. The predicted molar refractivity (Wildman–Crippen MR) is 291 cm³/mol. The van der Waals surface area contributed by atoms with Gasteiger partial charge < -0.3 is 60.4 Å². The van der Waals surface area contributed by atoms with Gasteiger partial charge in [-0.2, -0.15) is 0 Å². The predicted octanol–water partition coefficient (Wildman–Crippen LogP) is 4.65. The lowest BCUT2D eigenvalue weighted by Crippen LogP contribution is -2.47. The molecule has 418 valence electrons. The van der Waals surface area contributed by atoms with Crippen LogP contribution in [-0.2, 0) is 79.4 Å². The van der Waals surface area contributed by atoms with Crippen LogP contribution in [0.3, 0.4) is 0 Å². The van der Waals surface area contributed by atoms with Crippen molar-refractivity contribution in [2.24, 2.45) is 5.73 Å². The summed E-state index contributed by atoms with van der Waals surface area (Å²) in [5.41, 5.74) is 8.62. The molecular formula is C56H65N9O13S. The van der Waals surface area contributed by atoms with E-state index in [2.05, 4.69) is 43.1 Å². The number of carbonyl (C=O) groups is 6. The molecule has 0 radical (unpaired) electrons. The van der Waals surface area contributed by atoms with Crippen molar-refractivity contribution in [2.45, 2.75) is 109 Å². The number of aryl methyl sites for hydroxylation is 1. The number of amides is 4. The fourth-order valence-corrected chi connectivity index (χ4v) is 9.54. The van der Waals surface area contributed by atoms with E-state index in [-0.39, 0.29) is 75.1 Å². The molecule has 0 unspecified atom stereocenters. The van der Waals surface area contributed by atoms with Crippen molar-refractivity contribution in [3.8, 4) is 29.0 Å². The number of nitrogens with zero attached hydrogens (tertiary/aromatic N) is 4. The molecule has 0 fully saturated rings. The Morgan fingerprint density at radius 3 is 2.38 bits per heavy atom. The molecule has 2 atom stereocenters. The van der Waals surface area contributed by atoms with Gasteiger partial charge in [-0.3, -0.25) is 24.0 Å². The number of phenolic OH excluding ortho intramolecular Hbond substituents is 1. The smallest absolute Gasteiger partial charge is 0.508 e. The number of carbonyl (C=O) groups excluding carboxylic acids is 6. The maximum Gasteiger partial charge on any atom is 0.510 e. The Kier molecular flexibility index (Phi) is 21.3. The highest BCUT2D eigenvalue weighted by atomic mass is 32.2. The Morgan fingerprint density at radius 1 is 0.911 bits per heavy atom. The minimum Gasteiger partial charge on any atom is -0.508 e. The molecule has 5 heterocycles. The molecule has 23 heteroatoms. The minimum absolute atomic E-state index is 0.0737. The zero-order chi connectivity index (χ0) is 56.3. The van der Waals surface area contributed by atoms with Crippen LogP contribution in [-0.4, -0.2) is 118 Å². The van der Waals surface area contributed by atoms with Gasteiger partial charge in [0.05, 0.1) is 47.8 Å². The number of cyclic esters (lactones) is 1. The van der Waals surface area contributed by atoms with Crippen molar-refractivity contribution < 1.29 is 57.6 Å². The third-order valence-electron chi connectivity index (χ3n) is 13.0. The summed E-state index contributed by atoms with van der Waals surface area (Å²) >= 11 is 1.56. The number of nitrogens with one attached hydrogen (secondary N) is 4. The van der Waals surface area contributed by atoms with Gasteiger partial charge in [0.2, 0.25) is 29.2 Å². The number of pyridine rings is 2. The number of hydrogen-bond acceptors (Lipinski definition) is 18. The van der Waals surface area contributed by atoms with Crippen LogP contribution < -0.4 is 32.6 Å². The molecule has 0 saturated carbocycles. The van der Waals surface area contributed by atoms with E-state index < -0.39 is 60.3 Å². The van der Waals surface area contributed by atoms with E-state index >= 15 is 0 Å². The fourth-order valence-electron chi connectivity index (χ4n) is 9.03. The first-order chi connectivity index (χ1) is 38.3. The molecule has 0 saturated heterocycles. The van der Waals surface area contributed by atoms with Gasteiger partial charge in [0.1, 0.15) is 38.2 Å². The molecule has 2 aromatic carbocycles. The van der Waals surface area contributed by atoms with Gasteiger partial charge >= 0.3 is 12.1 Å². The highest BCUT2D eigenvalue weighted by molar-refractivity contribution is 7.99. The normalized spacial score (nSPS) is 14.4. The largest absolute Gasteiger partial charge is 0.510 e. The number of ether oxygens (including phenoxy) is 5. The molecule has 2 aliphatic rings. The summed E-state index contributed by atoms with van der Waals surface area (Å²) in [4.78, 5) is 105. The number of esters is 1. The highest BCUT2D eigenvalue weighted by Gasteiger charge is 2.51. The van der Waals surface area contributed by atoms with Gasteiger partial charge in [-0.25, -0.2) is 24.5 Å². The lowest BCUT2D eigenvalue weighted by Gasteiger charge is -2.35. The molecule has 79 heavy (non-hydrogen) atoms. The van der Waals surface area contributed by atoms with Crippen LogP contribution in [0, 0.1) is 11.8 Å². The fraction of sp³-hybridized carbons (Fsp3) is 0.429. The van der Waals surface area contributed by atoms with E-state index in [9.17, 15) is 38.7 Å². The molecule has 7 N–H and O–H groups in total. The van der Waals surface area contributed by atoms with Crippen molar-refractivity contribution in [3.63, 3.8) is 0 Å². The Morgan fingerprint density at radius 2 is 1.66 bits per heavy atom. The van der Waals surface area contributed by atoms with Crippen molar-refractivity contribution in [1.82, 2.24) is 35.5 Å². The lowest BCUT2D eigenvalue weighted by atomic mass is 9.85. The van der Waals surface area contributed by atoms with Crippen LogP contribution in [0.2, 0.25) is 0 Å². The van der Waals surface area contributed by atoms with Gasteiger partial charge in [0.15, 0.2) is 5.16 Å². The van der Waals surface area contributed by atoms with Crippen LogP contribution in [0.25, 0.3) is 22.3 Å². The number of aromatic hydroxyl groups is 1. The standard InChI is InChI=1S/C56H65N9O13S/c1-4-39-40-26-38(66)19-20-44(40)64-50-41(39)30-65-46(50)27-43-42(52(65)71)32-76-53(72)56(43,5-2)78-55(73)77-31-35-15-17-37(18-16-35)62-51(70)45(13-10-11-21-57)63-49(69)34-75-33-48(68)59-23-25-74-24-22-58-47(67)14-9-7-8-12-36-28-60-54(61-29-36)79-6-3/h15-20,26-29,45,66H,4-7,9-11,13-14,21-25,30-34,57H2,1-3H3,(H,58,67)(H,59,68)(H,62,70)(H,63,69)/t45-,56-/m0/s1. The summed E-state index contributed by atoms with van der Waals surface area (Å²) in [6.07, 6.45) is 5.62. The number of anilines is 1. The number of benzene rings is 2. The first-order valence-electron chi connectivity index (χ1n) is 26.2. The second-order valence-corrected chi connectivity index (χ2v) is 19.7. The van der Waals surface area contributed by atoms with E-state index in [1.807, 2.05) is 13.8 Å². The van der Waals surface area contributed by atoms with Crippen LogP contribution in [0.5, 0.6) is 5.75 Å². The lowest BCUT2D eigenvalue weighted by molar-refractivity contribution is -0.175. The van der Waals surface area contributed by atoms with Crippen LogP contribution >= 0.6 is 11.8 Å². The molecule has 0 bridgehead atoms. The van der Waals surface area contributed by atoms with Gasteiger partial charge in [0.25, 0.3) is 5.56 Å². The molecule has 4 amide bonds. The number of nitrogens with two attached hydrogens (primary N) is 1. The number of unbranched alkanes of at least 4 members (excludes halogenated alkanes) is 2. The van der Waals surface area contributed by atoms with Gasteiger partial charge in [-0.1, -0.05) is 56.5 Å². The molecule has 0 spiro atoms. The average molecular weight is 1100 g/mol. The molecule has 0 aliphatic carbocycles. The van der Waals surface area contributed by atoms with E-state index in [1.165, 1.54) is 0 Å². The van der Waals surface area contributed by atoms with Crippen molar-refractivity contribution in [1.29, 1.82) is 0 Å². The van der Waals surface area contributed by atoms with Crippen molar-refractivity contribution in [2.75, 3.05) is 57.1 Å². The maximum absolute atomic E-state index is 14.1. The Balaban J connectivity index is 0.816. The molecule has 7 rings (SSSR count). The van der Waals surface area contributed by atoms with Crippen molar-refractivity contribution >= 4 is 64.1 Å². The summed E-state index contributed by atoms with van der Waals surface area (Å²) in [6.45, 7) is 5.68. The zero-order valence-electron chi connectivity index (χ0n) is 44.4. The summed E-state index contributed by atoms with van der Waals surface area (Å²) in [6, 6.07) is 12.0. The van der Waals surface area contributed by atoms with Crippen LogP contribution in [0.4, 0.5) is 10.5 Å². The Hall–Kier alpha value is -7.91. The van der Waals surface area contributed by atoms with E-state index in [0.29, 0.717) is 84.9 Å². The molecule has 5 aromatic rings. The maximum atomic E-state index is 14.1. The van der Waals surface area contributed by atoms with E-state index in [0.717, 1.165) is 27.8 Å². The molecular weight excluding hydrogens is 1040 g/mol. The van der Waals surface area contributed by atoms with E-state index in [4.69, 9.17) is 34.4 Å². The third kappa shape index (κ3) is 15.4. The second-order valence-electron chi connectivity index (χ2n) is 18.4. The summed E-state index contributed by atoms with van der Waals surface area (Å²) in [5, 5.41) is 22.6. The van der Waals surface area contributed by atoms with Crippen LogP contribution in [0.15, 0.2) is 70.9 Å². The van der Waals surface area contributed by atoms with Gasteiger partial charge in [0, 0.05) is 60.5 Å². The number of hydrogen-bond donors (Lipinski definition) is 6. The Bertz CT molecular complexity index is 3140. The monoisotopic (exact) mass is 1100 g/mol. The number of fused-ring (bicyclic) bond motifs is 5. The highest BCUT2D eigenvalue weighted by Crippen LogP contribution is 2.42. The number of phenols is 1. The molecule has 3 aromatic heterocycles. The van der Waals surface area contributed by atoms with Gasteiger partial charge in [-0.05, 0) is 98.3 Å². The first-order valence-corrected chi connectivity index (χ1v) is 27.2.